The SMILES string of the molecule is NC1(CO)CCCc2c(F)cccc21. The number of rotatable bonds is 1. The van der Waals surface area contributed by atoms with Crippen LogP contribution in [0.3, 0.4) is 0 Å². The van der Waals surface area contributed by atoms with Gasteiger partial charge >= 0.3 is 0 Å². The average molecular weight is 195 g/mol. The summed E-state index contributed by atoms with van der Waals surface area (Å²) in [5.41, 5.74) is 6.73. The van der Waals surface area contributed by atoms with E-state index in [4.69, 9.17) is 5.73 Å². The number of halogens is 1. The van der Waals surface area contributed by atoms with Crippen molar-refractivity contribution in [2.24, 2.45) is 5.73 Å². The van der Waals surface area contributed by atoms with Gasteiger partial charge in [0, 0.05) is 0 Å². The van der Waals surface area contributed by atoms with E-state index in [2.05, 4.69) is 0 Å². The molecule has 76 valence electrons. The zero-order valence-electron chi connectivity index (χ0n) is 7.96. The summed E-state index contributed by atoms with van der Waals surface area (Å²) in [7, 11) is 0. The molecule has 0 fully saturated rings. The summed E-state index contributed by atoms with van der Waals surface area (Å²) in [4.78, 5) is 0. The van der Waals surface area contributed by atoms with E-state index >= 15 is 0 Å². The van der Waals surface area contributed by atoms with Crippen molar-refractivity contribution in [1.82, 2.24) is 0 Å². The third-order valence-electron chi connectivity index (χ3n) is 2.99. The van der Waals surface area contributed by atoms with Gasteiger partial charge in [-0.05, 0) is 36.5 Å². The summed E-state index contributed by atoms with van der Waals surface area (Å²) in [5, 5.41) is 9.24. The molecule has 0 aromatic heterocycles. The van der Waals surface area contributed by atoms with Crippen LogP contribution in [0, 0.1) is 5.82 Å². The van der Waals surface area contributed by atoms with Crippen LogP contribution >= 0.6 is 0 Å². The predicted molar refractivity (Wildman–Crippen MR) is 52.3 cm³/mol. The summed E-state index contributed by atoms with van der Waals surface area (Å²) >= 11 is 0. The topological polar surface area (TPSA) is 46.2 Å². The highest BCUT2D eigenvalue weighted by atomic mass is 19.1. The normalized spacial score (nSPS) is 25.9. The molecule has 0 saturated carbocycles. The zero-order valence-corrected chi connectivity index (χ0v) is 7.96. The maximum Gasteiger partial charge on any atom is 0.126 e. The smallest absolute Gasteiger partial charge is 0.126 e. The molecule has 3 heteroatoms. The number of benzene rings is 1. The van der Waals surface area contributed by atoms with Gasteiger partial charge in [0.2, 0.25) is 0 Å². The van der Waals surface area contributed by atoms with Gasteiger partial charge in [-0.25, -0.2) is 4.39 Å². The number of fused-ring (bicyclic) bond motifs is 1. The van der Waals surface area contributed by atoms with Gasteiger partial charge in [-0.3, -0.25) is 0 Å². The summed E-state index contributed by atoms with van der Waals surface area (Å²) in [5.74, 6) is -0.203. The lowest BCUT2D eigenvalue weighted by molar-refractivity contribution is 0.178. The molecule has 2 nitrogen and oxygen atoms in total. The highest BCUT2D eigenvalue weighted by molar-refractivity contribution is 5.37. The molecule has 1 atom stereocenters. The summed E-state index contributed by atoms with van der Waals surface area (Å²) in [6, 6.07) is 4.91. The molecule has 1 unspecified atom stereocenters. The zero-order chi connectivity index (χ0) is 10.2. The minimum absolute atomic E-state index is 0.122. The number of nitrogens with two attached hydrogens (primary N) is 1. The maximum absolute atomic E-state index is 13.4. The van der Waals surface area contributed by atoms with Gasteiger partial charge in [-0.1, -0.05) is 12.1 Å². The fourth-order valence-electron chi connectivity index (χ4n) is 2.16. The predicted octanol–water partition coefficient (Wildman–Crippen LogP) is 1.31. The maximum atomic E-state index is 13.4. The Morgan fingerprint density at radius 2 is 2.29 bits per heavy atom. The second kappa shape index (κ2) is 3.33. The van der Waals surface area contributed by atoms with Crippen molar-refractivity contribution in [3.63, 3.8) is 0 Å². The summed E-state index contributed by atoms with van der Waals surface area (Å²) in [6.45, 7) is -0.122. The van der Waals surface area contributed by atoms with Crippen LogP contribution < -0.4 is 5.73 Å². The minimum atomic E-state index is -0.740. The van der Waals surface area contributed by atoms with Crippen LogP contribution in [0.25, 0.3) is 0 Å². The van der Waals surface area contributed by atoms with E-state index in [1.54, 1.807) is 6.07 Å². The van der Waals surface area contributed by atoms with E-state index in [-0.39, 0.29) is 12.4 Å². The second-order valence-electron chi connectivity index (χ2n) is 3.93. The van der Waals surface area contributed by atoms with Crippen LogP contribution in [0.4, 0.5) is 4.39 Å². The lowest BCUT2D eigenvalue weighted by atomic mass is 9.77. The van der Waals surface area contributed by atoms with Crippen LogP contribution in [0.1, 0.15) is 24.0 Å². The van der Waals surface area contributed by atoms with E-state index < -0.39 is 5.54 Å². The Labute approximate surface area is 82.5 Å². The van der Waals surface area contributed by atoms with Gasteiger partial charge in [0.05, 0.1) is 12.1 Å². The molecule has 14 heavy (non-hydrogen) atoms. The molecule has 1 aliphatic carbocycles. The first-order valence-electron chi connectivity index (χ1n) is 4.85. The lowest BCUT2D eigenvalue weighted by Crippen LogP contribution is -2.43. The number of hydrogen-bond donors (Lipinski definition) is 2. The number of aliphatic hydroxyl groups excluding tert-OH is 1. The summed E-state index contributed by atoms with van der Waals surface area (Å²) in [6.07, 6.45) is 2.28. The standard InChI is InChI=1S/C11H14FNO/c12-10-5-1-4-9-8(10)3-2-6-11(9,13)7-14/h1,4-5,14H,2-3,6-7,13H2. The first-order valence-corrected chi connectivity index (χ1v) is 4.85. The molecule has 0 saturated heterocycles. The van der Waals surface area contributed by atoms with Crippen molar-refractivity contribution in [3.8, 4) is 0 Å². The molecule has 0 heterocycles. The Hall–Kier alpha value is -0.930. The highest BCUT2D eigenvalue weighted by Crippen LogP contribution is 2.33. The summed E-state index contributed by atoms with van der Waals surface area (Å²) < 4.78 is 13.4. The molecule has 3 N–H and O–H groups in total. The van der Waals surface area contributed by atoms with Crippen molar-refractivity contribution in [2.45, 2.75) is 24.8 Å². The molecular weight excluding hydrogens is 181 g/mol. The third-order valence-corrected chi connectivity index (χ3v) is 2.99. The Morgan fingerprint density at radius 1 is 1.50 bits per heavy atom. The van der Waals surface area contributed by atoms with Gasteiger partial charge in [0.25, 0.3) is 0 Å². The monoisotopic (exact) mass is 195 g/mol. The first-order chi connectivity index (χ1) is 6.67. The quantitative estimate of drug-likeness (QED) is 0.709. The molecule has 0 spiro atoms. The van der Waals surface area contributed by atoms with E-state index in [0.29, 0.717) is 5.56 Å². The van der Waals surface area contributed by atoms with Gasteiger partial charge in [-0.2, -0.15) is 0 Å². The van der Waals surface area contributed by atoms with E-state index in [1.807, 2.05) is 6.07 Å². The van der Waals surface area contributed by atoms with Crippen LogP contribution in [0.15, 0.2) is 18.2 Å². The van der Waals surface area contributed by atoms with Gasteiger partial charge < -0.3 is 10.8 Å². The first kappa shape index (κ1) is 9.62. The molecule has 2 rings (SSSR count). The van der Waals surface area contributed by atoms with Crippen molar-refractivity contribution >= 4 is 0 Å². The van der Waals surface area contributed by atoms with Gasteiger partial charge in [-0.15, -0.1) is 0 Å². The van der Waals surface area contributed by atoms with Crippen molar-refractivity contribution < 1.29 is 9.50 Å². The van der Waals surface area contributed by atoms with E-state index in [1.165, 1.54) is 6.07 Å². The van der Waals surface area contributed by atoms with Gasteiger partial charge in [0.15, 0.2) is 0 Å². The number of hydrogen-bond acceptors (Lipinski definition) is 2. The molecule has 1 aliphatic rings. The second-order valence-corrected chi connectivity index (χ2v) is 3.93. The van der Waals surface area contributed by atoms with E-state index in [9.17, 15) is 9.50 Å². The lowest BCUT2D eigenvalue weighted by Gasteiger charge is -2.34. The van der Waals surface area contributed by atoms with Crippen LogP contribution in [-0.2, 0) is 12.0 Å². The highest BCUT2D eigenvalue weighted by Gasteiger charge is 2.32. The van der Waals surface area contributed by atoms with Crippen LogP contribution in [0.2, 0.25) is 0 Å². The molecule has 0 bridgehead atoms. The van der Waals surface area contributed by atoms with Crippen molar-refractivity contribution in [2.75, 3.05) is 6.61 Å². The Balaban J connectivity index is 2.55. The Kier molecular flexibility index (Phi) is 2.29. The fraction of sp³-hybridized carbons (Fsp3) is 0.455. The third kappa shape index (κ3) is 1.33. The van der Waals surface area contributed by atoms with Crippen LogP contribution in [0.5, 0.6) is 0 Å². The average Bonchev–Trinajstić information content (AvgIpc) is 2.20. The Bertz CT molecular complexity index is 353. The van der Waals surface area contributed by atoms with E-state index in [0.717, 1.165) is 24.8 Å². The largest absolute Gasteiger partial charge is 0.394 e. The fourth-order valence-corrected chi connectivity index (χ4v) is 2.16. The van der Waals surface area contributed by atoms with Crippen LogP contribution in [-0.4, -0.2) is 11.7 Å². The molecule has 1 aromatic carbocycles. The molecule has 0 aliphatic heterocycles. The van der Waals surface area contributed by atoms with Crippen molar-refractivity contribution in [1.29, 1.82) is 0 Å². The van der Waals surface area contributed by atoms with Crippen molar-refractivity contribution in [3.05, 3.63) is 35.1 Å². The Morgan fingerprint density at radius 3 is 3.00 bits per heavy atom. The molecular formula is C11H14FNO. The van der Waals surface area contributed by atoms with Gasteiger partial charge in [0.1, 0.15) is 5.82 Å². The number of aliphatic hydroxyl groups is 1. The molecule has 1 aromatic rings. The molecule has 0 radical (unpaired) electrons. The molecule has 0 amide bonds. The minimum Gasteiger partial charge on any atom is -0.394 e.